The van der Waals surface area contributed by atoms with E-state index in [1.807, 2.05) is 31.4 Å². The number of anilines is 2. The lowest BCUT2D eigenvalue weighted by Gasteiger charge is -2.12. The van der Waals surface area contributed by atoms with Crippen LogP contribution in [-0.4, -0.2) is 27.9 Å². The van der Waals surface area contributed by atoms with Crippen LogP contribution in [-0.2, 0) is 13.5 Å². The van der Waals surface area contributed by atoms with Crippen molar-refractivity contribution in [3.8, 4) is 5.88 Å². The van der Waals surface area contributed by atoms with Gasteiger partial charge in [-0.2, -0.15) is 10.1 Å². The first-order valence-corrected chi connectivity index (χ1v) is 7.16. The van der Waals surface area contributed by atoms with Crippen molar-refractivity contribution in [3.05, 3.63) is 30.1 Å². The summed E-state index contributed by atoms with van der Waals surface area (Å²) < 4.78 is 7.42. The molecule has 21 heavy (non-hydrogen) atoms. The molecular formula is C15H23N5O. The number of nitrogen functional groups attached to an aromatic ring is 1. The van der Waals surface area contributed by atoms with Crippen LogP contribution in [0.15, 0.2) is 24.4 Å². The normalized spacial score (nSPS) is 10.9. The van der Waals surface area contributed by atoms with Crippen molar-refractivity contribution in [2.45, 2.75) is 20.3 Å². The highest BCUT2D eigenvalue weighted by Gasteiger charge is 2.06. The summed E-state index contributed by atoms with van der Waals surface area (Å²) in [5.41, 5.74) is 7.48. The second-order valence-corrected chi connectivity index (χ2v) is 5.45. The molecule has 2 heterocycles. The first-order chi connectivity index (χ1) is 10.0. The summed E-state index contributed by atoms with van der Waals surface area (Å²) in [5, 5.41) is 7.60. The van der Waals surface area contributed by atoms with Gasteiger partial charge >= 0.3 is 0 Å². The molecule has 0 radical (unpaired) electrons. The van der Waals surface area contributed by atoms with Crippen molar-refractivity contribution in [2.75, 3.05) is 24.2 Å². The molecule has 114 valence electrons. The molecule has 0 bridgehead atoms. The Kier molecular flexibility index (Phi) is 5.03. The Morgan fingerprint density at radius 3 is 2.81 bits per heavy atom. The van der Waals surface area contributed by atoms with Crippen LogP contribution in [0.5, 0.6) is 5.88 Å². The Morgan fingerprint density at radius 2 is 2.14 bits per heavy atom. The summed E-state index contributed by atoms with van der Waals surface area (Å²) in [4.78, 5) is 4.40. The zero-order valence-electron chi connectivity index (χ0n) is 12.8. The second kappa shape index (κ2) is 6.97. The first kappa shape index (κ1) is 15.2. The first-order valence-electron chi connectivity index (χ1n) is 7.16. The van der Waals surface area contributed by atoms with Gasteiger partial charge in [0.15, 0.2) is 0 Å². The number of aryl methyl sites for hydroxylation is 1. The lowest BCUT2D eigenvalue weighted by Crippen LogP contribution is -2.10. The highest BCUT2D eigenvalue weighted by molar-refractivity contribution is 5.53. The zero-order valence-corrected chi connectivity index (χ0v) is 12.8. The second-order valence-electron chi connectivity index (χ2n) is 5.45. The average molecular weight is 289 g/mol. The van der Waals surface area contributed by atoms with E-state index >= 15 is 0 Å². The van der Waals surface area contributed by atoms with Gasteiger partial charge in [0.1, 0.15) is 5.82 Å². The molecule has 2 aromatic rings. The van der Waals surface area contributed by atoms with Gasteiger partial charge in [0.2, 0.25) is 5.88 Å². The van der Waals surface area contributed by atoms with E-state index < -0.39 is 0 Å². The van der Waals surface area contributed by atoms with Crippen molar-refractivity contribution < 1.29 is 4.74 Å². The van der Waals surface area contributed by atoms with Crippen LogP contribution in [0, 0.1) is 5.92 Å². The third-order valence-electron chi connectivity index (χ3n) is 2.90. The summed E-state index contributed by atoms with van der Waals surface area (Å²) in [7, 11) is 1.91. The van der Waals surface area contributed by atoms with Gasteiger partial charge in [-0.3, -0.25) is 4.68 Å². The number of hydrogen-bond acceptors (Lipinski definition) is 5. The lowest BCUT2D eigenvalue weighted by molar-refractivity contribution is 0.263. The Morgan fingerprint density at radius 1 is 1.33 bits per heavy atom. The standard InChI is InChI=1S/C15H23N5O/c1-11(2)10-21-15-13(16)4-5-14(18-15)17-8-6-12-7-9-20(3)19-12/h4-5,7,9,11H,6,8,10,16H2,1-3H3,(H,17,18). The molecule has 2 rings (SSSR count). The fourth-order valence-corrected chi connectivity index (χ4v) is 1.83. The molecule has 0 aromatic carbocycles. The molecule has 0 spiro atoms. The number of hydrogen-bond donors (Lipinski definition) is 2. The number of nitrogens with zero attached hydrogens (tertiary/aromatic N) is 3. The summed E-state index contributed by atoms with van der Waals surface area (Å²) in [5.74, 6) is 1.69. The molecule has 0 aliphatic carbocycles. The van der Waals surface area contributed by atoms with Crippen LogP contribution < -0.4 is 15.8 Å². The maximum Gasteiger partial charge on any atom is 0.239 e. The smallest absolute Gasteiger partial charge is 0.239 e. The zero-order chi connectivity index (χ0) is 15.2. The lowest BCUT2D eigenvalue weighted by atomic mass is 10.2. The van der Waals surface area contributed by atoms with Gasteiger partial charge < -0.3 is 15.8 Å². The fourth-order valence-electron chi connectivity index (χ4n) is 1.83. The molecular weight excluding hydrogens is 266 g/mol. The molecule has 0 unspecified atom stereocenters. The van der Waals surface area contributed by atoms with E-state index in [1.54, 1.807) is 4.68 Å². The van der Waals surface area contributed by atoms with Gasteiger partial charge in [0, 0.05) is 26.2 Å². The number of ether oxygens (including phenoxy) is 1. The van der Waals surface area contributed by atoms with Gasteiger partial charge in [-0.25, -0.2) is 0 Å². The highest BCUT2D eigenvalue weighted by Crippen LogP contribution is 2.21. The van der Waals surface area contributed by atoms with Crippen molar-refractivity contribution in [3.63, 3.8) is 0 Å². The molecule has 0 aliphatic rings. The maximum absolute atomic E-state index is 5.87. The van der Waals surface area contributed by atoms with E-state index in [0.717, 1.165) is 24.5 Å². The molecule has 0 saturated carbocycles. The maximum atomic E-state index is 5.87. The van der Waals surface area contributed by atoms with E-state index in [0.29, 0.717) is 24.1 Å². The minimum atomic E-state index is 0.437. The average Bonchev–Trinajstić information content (AvgIpc) is 2.84. The molecule has 0 aliphatic heterocycles. The summed E-state index contributed by atoms with van der Waals surface area (Å²) in [6, 6.07) is 5.68. The molecule has 0 amide bonds. The molecule has 0 atom stereocenters. The van der Waals surface area contributed by atoms with E-state index in [2.05, 4.69) is 29.2 Å². The minimum Gasteiger partial charge on any atom is -0.476 e. The van der Waals surface area contributed by atoms with E-state index in [4.69, 9.17) is 10.5 Å². The Balaban J connectivity index is 1.89. The molecule has 0 saturated heterocycles. The fraction of sp³-hybridized carbons (Fsp3) is 0.467. The van der Waals surface area contributed by atoms with Gasteiger partial charge in [-0.15, -0.1) is 0 Å². The number of aromatic nitrogens is 3. The van der Waals surface area contributed by atoms with Crippen LogP contribution in [0.2, 0.25) is 0 Å². The Hall–Kier alpha value is -2.24. The molecule has 2 aromatic heterocycles. The Labute approximate surface area is 125 Å². The SMILES string of the molecule is CC(C)COc1nc(NCCc2ccn(C)n2)ccc1N. The van der Waals surface area contributed by atoms with Crippen LogP contribution in [0.3, 0.4) is 0 Å². The van der Waals surface area contributed by atoms with E-state index in [-0.39, 0.29) is 0 Å². The van der Waals surface area contributed by atoms with Gasteiger partial charge in [-0.05, 0) is 24.1 Å². The summed E-state index contributed by atoms with van der Waals surface area (Å²) >= 11 is 0. The van der Waals surface area contributed by atoms with Crippen LogP contribution >= 0.6 is 0 Å². The highest BCUT2D eigenvalue weighted by atomic mass is 16.5. The Bertz CT molecular complexity index is 579. The molecule has 0 fully saturated rings. The van der Waals surface area contributed by atoms with Crippen molar-refractivity contribution in [1.82, 2.24) is 14.8 Å². The van der Waals surface area contributed by atoms with E-state index in [9.17, 15) is 0 Å². The van der Waals surface area contributed by atoms with Gasteiger partial charge in [0.25, 0.3) is 0 Å². The van der Waals surface area contributed by atoms with Crippen LogP contribution in [0.25, 0.3) is 0 Å². The molecule has 6 nitrogen and oxygen atoms in total. The summed E-state index contributed by atoms with van der Waals surface area (Å²) in [6.45, 7) is 5.54. The van der Waals surface area contributed by atoms with Crippen molar-refractivity contribution >= 4 is 11.5 Å². The largest absolute Gasteiger partial charge is 0.476 e. The molecule has 6 heteroatoms. The monoisotopic (exact) mass is 289 g/mol. The van der Waals surface area contributed by atoms with Crippen molar-refractivity contribution in [2.24, 2.45) is 13.0 Å². The topological polar surface area (TPSA) is 78.0 Å². The van der Waals surface area contributed by atoms with Gasteiger partial charge in [-0.1, -0.05) is 13.8 Å². The predicted octanol–water partition coefficient (Wildman–Crippen LogP) is 2.09. The predicted molar refractivity (Wildman–Crippen MR) is 84.4 cm³/mol. The van der Waals surface area contributed by atoms with Crippen LogP contribution in [0.1, 0.15) is 19.5 Å². The minimum absolute atomic E-state index is 0.437. The summed E-state index contributed by atoms with van der Waals surface area (Å²) in [6.07, 6.45) is 2.78. The van der Waals surface area contributed by atoms with E-state index in [1.165, 1.54) is 0 Å². The third-order valence-corrected chi connectivity index (χ3v) is 2.90. The van der Waals surface area contributed by atoms with Crippen molar-refractivity contribution in [1.29, 1.82) is 0 Å². The molecule has 3 N–H and O–H groups in total. The van der Waals surface area contributed by atoms with Gasteiger partial charge in [0.05, 0.1) is 18.0 Å². The third kappa shape index (κ3) is 4.66. The number of pyridine rings is 1. The number of rotatable bonds is 7. The quantitative estimate of drug-likeness (QED) is 0.816. The number of nitrogens with one attached hydrogen (secondary N) is 1. The van der Waals surface area contributed by atoms with Crippen LogP contribution in [0.4, 0.5) is 11.5 Å². The number of nitrogens with two attached hydrogens (primary N) is 1.